The lowest BCUT2D eigenvalue weighted by molar-refractivity contribution is 0.186. The average Bonchev–Trinajstić information content (AvgIpc) is 2.47. The molecule has 74 valence electrons. The topological polar surface area (TPSA) is 63.0 Å². The van der Waals surface area contributed by atoms with E-state index in [-0.39, 0.29) is 12.1 Å². The number of nitrogens with zero attached hydrogens (tertiary/aromatic N) is 3. The second-order valence-corrected chi connectivity index (χ2v) is 3.28. The lowest BCUT2D eigenvalue weighted by atomic mass is 10.3. The van der Waals surface area contributed by atoms with Gasteiger partial charge in [0.15, 0.2) is 0 Å². The van der Waals surface area contributed by atoms with Crippen molar-refractivity contribution in [2.75, 3.05) is 6.54 Å². The first-order chi connectivity index (χ1) is 6.11. The first-order valence-corrected chi connectivity index (χ1v) is 4.36. The molecule has 0 radical (unpaired) electrons. The summed E-state index contributed by atoms with van der Waals surface area (Å²) in [6.07, 6.45) is 1.33. The van der Waals surface area contributed by atoms with Crippen molar-refractivity contribution < 1.29 is 5.11 Å². The van der Waals surface area contributed by atoms with Crippen LogP contribution >= 0.6 is 0 Å². The highest BCUT2D eigenvalue weighted by molar-refractivity contribution is 4.91. The molecule has 1 aromatic heterocycles. The van der Waals surface area contributed by atoms with Crippen LogP contribution in [0.25, 0.3) is 0 Å². The van der Waals surface area contributed by atoms with Crippen LogP contribution in [-0.4, -0.2) is 32.5 Å². The summed E-state index contributed by atoms with van der Waals surface area (Å²) in [4.78, 5) is 0. The molecule has 5 heteroatoms. The summed E-state index contributed by atoms with van der Waals surface area (Å²) in [6.45, 7) is 4.30. The third kappa shape index (κ3) is 2.78. The van der Waals surface area contributed by atoms with Crippen LogP contribution in [0.3, 0.4) is 0 Å². The first kappa shape index (κ1) is 10.1. The minimum absolute atomic E-state index is 0.113. The van der Waals surface area contributed by atoms with E-state index in [4.69, 9.17) is 5.11 Å². The van der Waals surface area contributed by atoms with E-state index < -0.39 is 0 Å². The normalized spacial score (nSPS) is 15.7. The van der Waals surface area contributed by atoms with Gasteiger partial charge in [0, 0.05) is 13.6 Å². The number of rotatable bonds is 4. The second kappa shape index (κ2) is 4.34. The monoisotopic (exact) mass is 184 g/mol. The molecule has 2 atom stereocenters. The standard InChI is InChI=1S/C8H16N4O/c1-6(13)4-9-7(2)8-11-10-5-12(8)3/h5-7,9,13H,4H2,1-3H3/t6-,7?/m0/s1. The number of hydrogen-bond donors (Lipinski definition) is 2. The van der Waals surface area contributed by atoms with Crippen molar-refractivity contribution in [1.82, 2.24) is 20.1 Å². The van der Waals surface area contributed by atoms with E-state index in [9.17, 15) is 0 Å². The zero-order chi connectivity index (χ0) is 9.84. The molecule has 0 aromatic carbocycles. The highest BCUT2D eigenvalue weighted by Crippen LogP contribution is 2.06. The fraction of sp³-hybridized carbons (Fsp3) is 0.750. The summed E-state index contributed by atoms with van der Waals surface area (Å²) >= 11 is 0. The molecular weight excluding hydrogens is 168 g/mol. The van der Waals surface area contributed by atoms with Gasteiger partial charge in [-0.2, -0.15) is 0 Å². The number of aryl methyl sites for hydroxylation is 1. The Morgan fingerprint density at radius 2 is 2.31 bits per heavy atom. The van der Waals surface area contributed by atoms with Crippen LogP contribution in [0, 0.1) is 0 Å². The van der Waals surface area contributed by atoms with Gasteiger partial charge in [-0.25, -0.2) is 0 Å². The van der Waals surface area contributed by atoms with Crippen LogP contribution in [0.5, 0.6) is 0 Å². The molecule has 0 aliphatic rings. The lowest BCUT2D eigenvalue weighted by Gasteiger charge is -2.13. The van der Waals surface area contributed by atoms with Gasteiger partial charge in [-0.3, -0.25) is 0 Å². The maximum Gasteiger partial charge on any atom is 0.149 e. The molecule has 2 N–H and O–H groups in total. The van der Waals surface area contributed by atoms with E-state index >= 15 is 0 Å². The van der Waals surface area contributed by atoms with Gasteiger partial charge in [-0.05, 0) is 13.8 Å². The largest absolute Gasteiger partial charge is 0.392 e. The molecule has 13 heavy (non-hydrogen) atoms. The van der Waals surface area contributed by atoms with E-state index in [1.807, 2.05) is 18.5 Å². The maximum atomic E-state index is 9.06. The molecule has 1 rings (SSSR count). The molecule has 5 nitrogen and oxygen atoms in total. The molecule has 0 fully saturated rings. The summed E-state index contributed by atoms with van der Waals surface area (Å²) in [5, 5.41) is 20.0. The quantitative estimate of drug-likeness (QED) is 0.683. The molecule has 0 bridgehead atoms. The molecule has 0 saturated carbocycles. The third-order valence-electron chi connectivity index (χ3n) is 1.85. The van der Waals surface area contributed by atoms with Crippen LogP contribution in [-0.2, 0) is 7.05 Å². The second-order valence-electron chi connectivity index (χ2n) is 3.28. The Labute approximate surface area is 77.8 Å². The molecule has 0 aliphatic carbocycles. The van der Waals surface area contributed by atoms with Gasteiger partial charge in [0.1, 0.15) is 12.2 Å². The van der Waals surface area contributed by atoms with Crippen LogP contribution < -0.4 is 5.32 Å². The number of aromatic nitrogens is 3. The highest BCUT2D eigenvalue weighted by atomic mass is 16.3. The van der Waals surface area contributed by atoms with Crippen LogP contribution in [0.2, 0.25) is 0 Å². The molecule has 1 unspecified atom stereocenters. The van der Waals surface area contributed by atoms with Gasteiger partial charge in [0.2, 0.25) is 0 Å². The summed E-state index contributed by atoms with van der Waals surface area (Å²) in [5.41, 5.74) is 0. The van der Waals surface area contributed by atoms with Crippen molar-refractivity contribution in [3.63, 3.8) is 0 Å². The fourth-order valence-electron chi connectivity index (χ4n) is 1.12. The van der Waals surface area contributed by atoms with E-state index in [1.165, 1.54) is 0 Å². The number of aliphatic hydroxyl groups excluding tert-OH is 1. The van der Waals surface area contributed by atoms with Gasteiger partial charge >= 0.3 is 0 Å². The van der Waals surface area contributed by atoms with Crippen LogP contribution in [0.4, 0.5) is 0 Å². The molecule has 1 aromatic rings. The Morgan fingerprint density at radius 3 is 2.77 bits per heavy atom. The highest BCUT2D eigenvalue weighted by Gasteiger charge is 2.10. The molecule has 0 saturated heterocycles. The van der Waals surface area contributed by atoms with Gasteiger partial charge < -0.3 is 15.0 Å². The summed E-state index contributed by atoms with van der Waals surface area (Å²) in [6, 6.07) is 0.113. The predicted octanol–water partition coefficient (Wildman–Crippen LogP) is -0.154. The summed E-state index contributed by atoms with van der Waals surface area (Å²) in [7, 11) is 1.90. The Bertz CT molecular complexity index is 258. The summed E-state index contributed by atoms with van der Waals surface area (Å²) < 4.78 is 1.86. The predicted molar refractivity (Wildman–Crippen MR) is 49.1 cm³/mol. The minimum atomic E-state index is -0.337. The van der Waals surface area contributed by atoms with Crippen LogP contribution in [0.1, 0.15) is 25.7 Å². The third-order valence-corrected chi connectivity index (χ3v) is 1.85. The van der Waals surface area contributed by atoms with Crippen molar-refractivity contribution in [2.45, 2.75) is 26.0 Å². The number of nitrogens with one attached hydrogen (secondary N) is 1. The molecule has 0 aliphatic heterocycles. The maximum absolute atomic E-state index is 9.06. The zero-order valence-electron chi connectivity index (χ0n) is 8.23. The van der Waals surface area contributed by atoms with Crippen molar-refractivity contribution in [2.24, 2.45) is 7.05 Å². The lowest BCUT2D eigenvalue weighted by Crippen LogP contribution is -2.28. The fourth-order valence-corrected chi connectivity index (χ4v) is 1.12. The van der Waals surface area contributed by atoms with Gasteiger partial charge in [0.25, 0.3) is 0 Å². The van der Waals surface area contributed by atoms with Crippen molar-refractivity contribution in [3.8, 4) is 0 Å². The number of hydrogen-bond acceptors (Lipinski definition) is 4. The SMILES string of the molecule is CC(NC[C@H](C)O)c1nncn1C. The molecule has 0 amide bonds. The molecule has 0 spiro atoms. The Hall–Kier alpha value is -0.940. The van der Waals surface area contributed by atoms with Gasteiger partial charge in [-0.15, -0.1) is 10.2 Å². The molecule has 1 heterocycles. The Balaban J connectivity index is 2.49. The van der Waals surface area contributed by atoms with Crippen LogP contribution in [0.15, 0.2) is 6.33 Å². The van der Waals surface area contributed by atoms with Crippen molar-refractivity contribution in [3.05, 3.63) is 12.2 Å². The van der Waals surface area contributed by atoms with Crippen molar-refractivity contribution >= 4 is 0 Å². The van der Waals surface area contributed by atoms with Crippen molar-refractivity contribution in [1.29, 1.82) is 0 Å². The van der Waals surface area contributed by atoms with Gasteiger partial charge in [-0.1, -0.05) is 0 Å². The minimum Gasteiger partial charge on any atom is -0.392 e. The average molecular weight is 184 g/mol. The summed E-state index contributed by atoms with van der Waals surface area (Å²) in [5.74, 6) is 0.876. The smallest absolute Gasteiger partial charge is 0.149 e. The van der Waals surface area contributed by atoms with E-state index in [0.717, 1.165) is 5.82 Å². The number of aliphatic hydroxyl groups is 1. The van der Waals surface area contributed by atoms with E-state index in [0.29, 0.717) is 6.54 Å². The van der Waals surface area contributed by atoms with E-state index in [2.05, 4.69) is 15.5 Å². The van der Waals surface area contributed by atoms with E-state index in [1.54, 1.807) is 13.3 Å². The molecular formula is C8H16N4O. The van der Waals surface area contributed by atoms with Gasteiger partial charge in [0.05, 0.1) is 12.1 Å². The Morgan fingerprint density at radius 1 is 1.62 bits per heavy atom. The first-order valence-electron chi connectivity index (χ1n) is 4.36. The zero-order valence-corrected chi connectivity index (χ0v) is 8.23. The Kier molecular flexibility index (Phi) is 3.39.